The maximum Gasteiger partial charge on any atom is 0.0618 e. The van der Waals surface area contributed by atoms with Crippen LogP contribution in [0.15, 0.2) is 138 Å². The summed E-state index contributed by atoms with van der Waals surface area (Å²) in [5.41, 5.74) is 14.0. The van der Waals surface area contributed by atoms with Crippen LogP contribution in [0.25, 0.3) is 33.4 Å². The van der Waals surface area contributed by atoms with Gasteiger partial charge in [-0.05, 0) is 104 Å². The first-order valence-electron chi connectivity index (χ1n) is 17.8. The summed E-state index contributed by atoms with van der Waals surface area (Å²) >= 11 is 10.8. The summed E-state index contributed by atoms with van der Waals surface area (Å²) in [5, 5.41) is 0.689. The Morgan fingerprint density at radius 1 is 0.431 bits per heavy atom. The summed E-state index contributed by atoms with van der Waals surface area (Å²) in [6.07, 6.45) is 0. The van der Waals surface area contributed by atoms with E-state index in [0.29, 0.717) is 5.02 Å². The van der Waals surface area contributed by atoms with Crippen molar-refractivity contribution in [3.63, 3.8) is 0 Å². The molecule has 260 valence electrons. The highest BCUT2D eigenvalue weighted by molar-refractivity contribution is 9.10. The quantitative estimate of drug-likeness (QED) is 0.164. The van der Waals surface area contributed by atoms with Crippen molar-refractivity contribution in [3.05, 3.63) is 160 Å². The van der Waals surface area contributed by atoms with Gasteiger partial charge in [-0.1, -0.05) is 175 Å². The van der Waals surface area contributed by atoms with Gasteiger partial charge in [-0.2, -0.15) is 0 Å². The Morgan fingerprint density at radius 2 is 0.902 bits per heavy atom. The average molecular weight is 755 g/mol. The van der Waals surface area contributed by atoms with Gasteiger partial charge in [-0.15, -0.1) is 0 Å². The van der Waals surface area contributed by atoms with Crippen molar-refractivity contribution < 1.29 is 0 Å². The number of halogens is 2. The van der Waals surface area contributed by atoms with Crippen molar-refractivity contribution in [2.45, 2.75) is 78.6 Å². The van der Waals surface area contributed by atoms with E-state index in [1.165, 1.54) is 22.3 Å². The summed E-state index contributed by atoms with van der Waals surface area (Å²) in [4.78, 5) is 2.40. The van der Waals surface area contributed by atoms with E-state index in [-0.39, 0.29) is 16.2 Å². The highest BCUT2D eigenvalue weighted by Gasteiger charge is 2.27. The van der Waals surface area contributed by atoms with Crippen LogP contribution in [-0.2, 0) is 16.2 Å². The van der Waals surface area contributed by atoms with Crippen LogP contribution in [-0.4, -0.2) is 0 Å². The number of rotatable bonds is 6. The Balaban J connectivity index is 1.73. The third-order valence-electron chi connectivity index (χ3n) is 9.57. The van der Waals surface area contributed by atoms with Crippen LogP contribution in [0.5, 0.6) is 0 Å². The smallest absolute Gasteiger partial charge is 0.0618 e. The molecule has 1 nitrogen and oxygen atoms in total. The summed E-state index contributed by atoms with van der Waals surface area (Å²) in [5.74, 6) is 0. The molecular weight excluding hydrogens is 706 g/mol. The topological polar surface area (TPSA) is 3.24 Å². The molecule has 0 aliphatic heterocycles. The molecule has 0 aromatic heterocycles. The van der Waals surface area contributed by atoms with E-state index >= 15 is 0 Å². The highest BCUT2D eigenvalue weighted by Crippen LogP contribution is 2.50. The molecule has 0 spiro atoms. The molecule has 0 amide bonds. The fourth-order valence-electron chi connectivity index (χ4n) is 6.54. The second-order valence-corrected chi connectivity index (χ2v) is 18.1. The molecule has 0 saturated carbocycles. The van der Waals surface area contributed by atoms with Crippen molar-refractivity contribution >= 4 is 44.6 Å². The standard InChI is InChI=1S/C48H49BrClN/c1-46(2,3)36-23-34(24-37(27-36)47(4,5)6)35-25-39(49)30-42(26-35)51(41-22-16-21-40(50)31-41)45-43(32-17-12-10-13-18-32)28-38(48(7,8)9)29-44(45)33-19-14-11-15-20-33/h10-31H,1-9H3. The van der Waals surface area contributed by atoms with Gasteiger partial charge in [-0.3, -0.25) is 0 Å². The van der Waals surface area contributed by atoms with Gasteiger partial charge in [0.25, 0.3) is 0 Å². The molecule has 0 atom stereocenters. The second kappa shape index (κ2) is 14.1. The minimum atomic E-state index is -0.0712. The Labute approximate surface area is 319 Å². The fourth-order valence-corrected chi connectivity index (χ4v) is 7.20. The van der Waals surface area contributed by atoms with Crippen LogP contribution in [0.3, 0.4) is 0 Å². The van der Waals surface area contributed by atoms with E-state index in [9.17, 15) is 0 Å². The molecule has 0 aliphatic carbocycles. The van der Waals surface area contributed by atoms with Gasteiger partial charge >= 0.3 is 0 Å². The van der Waals surface area contributed by atoms with Crippen LogP contribution in [0, 0.1) is 0 Å². The number of anilines is 3. The van der Waals surface area contributed by atoms with E-state index in [2.05, 4.69) is 204 Å². The van der Waals surface area contributed by atoms with Crippen molar-refractivity contribution in [1.82, 2.24) is 0 Å². The molecule has 0 radical (unpaired) electrons. The Kier molecular flexibility index (Phi) is 10.2. The van der Waals surface area contributed by atoms with Crippen molar-refractivity contribution in [2.24, 2.45) is 0 Å². The lowest BCUT2D eigenvalue weighted by Crippen LogP contribution is -2.17. The number of benzene rings is 6. The lowest BCUT2D eigenvalue weighted by atomic mass is 9.79. The molecule has 6 aromatic carbocycles. The van der Waals surface area contributed by atoms with Crippen molar-refractivity contribution in [2.75, 3.05) is 4.90 Å². The zero-order chi connectivity index (χ0) is 36.7. The van der Waals surface area contributed by atoms with Crippen LogP contribution in [0.2, 0.25) is 5.02 Å². The molecule has 6 rings (SSSR count). The molecule has 0 aliphatic rings. The molecule has 0 heterocycles. The molecule has 0 N–H and O–H groups in total. The first-order valence-corrected chi connectivity index (χ1v) is 19.0. The monoisotopic (exact) mass is 753 g/mol. The summed E-state index contributed by atoms with van der Waals surface area (Å²) in [6.45, 7) is 20.6. The molecule has 0 unspecified atom stereocenters. The summed E-state index contributed by atoms with van der Waals surface area (Å²) in [6, 6.07) is 48.5. The molecule has 0 fully saturated rings. The van der Waals surface area contributed by atoms with E-state index in [1.807, 2.05) is 12.1 Å². The fraction of sp³-hybridized carbons (Fsp3) is 0.250. The number of nitrogens with zero attached hydrogens (tertiary/aromatic N) is 1. The molecule has 0 bridgehead atoms. The lowest BCUT2D eigenvalue weighted by molar-refractivity contribution is 0.569. The van der Waals surface area contributed by atoms with Gasteiger partial charge in [0.15, 0.2) is 0 Å². The normalized spacial score (nSPS) is 12.2. The van der Waals surface area contributed by atoms with E-state index in [1.54, 1.807) is 0 Å². The third kappa shape index (κ3) is 8.19. The minimum absolute atomic E-state index is 0.00163. The van der Waals surface area contributed by atoms with Crippen molar-refractivity contribution in [3.8, 4) is 33.4 Å². The van der Waals surface area contributed by atoms with E-state index in [0.717, 1.165) is 49.4 Å². The number of hydrogen-bond donors (Lipinski definition) is 0. The van der Waals surface area contributed by atoms with Crippen molar-refractivity contribution in [1.29, 1.82) is 0 Å². The maximum atomic E-state index is 6.81. The maximum absolute atomic E-state index is 6.81. The van der Waals surface area contributed by atoms with Gasteiger partial charge in [0, 0.05) is 32.0 Å². The van der Waals surface area contributed by atoms with Gasteiger partial charge in [-0.25, -0.2) is 0 Å². The van der Waals surface area contributed by atoms with Crippen LogP contribution in [0.4, 0.5) is 17.1 Å². The average Bonchev–Trinajstić information content (AvgIpc) is 3.07. The lowest BCUT2D eigenvalue weighted by Gasteiger charge is -2.33. The van der Waals surface area contributed by atoms with Gasteiger partial charge < -0.3 is 4.90 Å². The first-order chi connectivity index (χ1) is 24.0. The molecule has 3 heteroatoms. The van der Waals surface area contributed by atoms with Crippen LogP contribution < -0.4 is 4.90 Å². The Morgan fingerprint density at radius 3 is 1.37 bits per heavy atom. The molecule has 0 saturated heterocycles. The van der Waals surface area contributed by atoms with E-state index < -0.39 is 0 Å². The Bertz CT molecular complexity index is 2070. The highest BCUT2D eigenvalue weighted by atomic mass is 79.9. The zero-order valence-electron chi connectivity index (χ0n) is 31.4. The van der Waals surface area contributed by atoms with Crippen LogP contribution in [0.1, 0.15) is 79.0 Å². The Hall–Kier alpha value is -4.11. The number of hydrogen-bond acceptors (Lipinski definition) is 1. The summed E-state index contributed by atoms with van der Waals surface area (Å²) < 4.78 is 1.01. The minimum Gasteiger partial charge on any atom is -0.309 e. The molecule has 51 heavy (non-hydrogen) atoms. The summed E-state index contributed by atoms with van der Waals surface area (Å²) in [7, 11) is 0. The molecular formula is C48H49BrClN. The van der Waals surface area contributed by atoms with Gasteiger partial charge in [0.1, 0.15) is 0 Å². The second-order valence-electron chi connectivity index (χ2n) is 16.7. The SMILES string of the molecule is CC(C)(C)c1cc(-c2cc(Br)cc(N(c3cccc(Cl)c3)c3c(-c4ccccc4)cc(C(C)(C)C)cc3-c3ccccc3)c2)cc(C(C)(C)C)c1. The molecule has 6 aromatic rings. The predicted octanol–water partition coefficient (Wildman–Crippen LogP) is 15.5. The zero-order valence-corrected chi connectivity index (χ0v) is 33.7. The first kappa shape index (κ1) is 36.7. The van der Waals surface area contributed by atoms with Crippen LogP contribution >= 0.6 is 27.5 Å². The van der Waals surface area contributed by atoms with Gasteiger partial charge in [0.2, 0.25) is 0 Å². The third-order valence-corrected chi connectivity index (χ3v) is 10.3. The largest absolute Gasteiger partial charge is 0.309 e. The predicted molar refractivity (Wildman–Crippen MR) is 226 cm³/mol. The van der Waals surface area contributed by atoms with Gasteiger partial charge in [0.05, 0.1) is 5.69 Å². The van der Waals surface area contributed by atoms with E-state index in [4.69, 9.17) is 11.6 Å².